The third-order valence-electron chi connectivity index (χ3n) is 2.98. The maximum atomic E-state index is 12.7. The molecule has 0 fully saturated rings. The van der Waals surface area contributed by atoms with Crippen molar-refractivity contribution in [2.45, 2.75) is 19.6 Å². The average molecular weight is 281 g/mol. The summed E-state index contributed by atoms with van der Waals surface area (Å²) in [7, 11) is 0. The molecule has 0 aromatic heterocycles. The topological polar surface area (TPSA) is 32.3 Å². The molecule has 0 spiro atoms. The molecule has 5 heteroatoms. The Labute approximate surface area is 114 Å². The number of phenolic OH excluding ortho intramolecular Hbond substituents is 1. The summed E-state index contributed by atoms with van der Waals surface area (Å²) < 4.78 is 38.0. The van der Waals surface area contributed by atoms with Crippen LogP contribution >= 0.6 is 0 Å². The first-order valence-electron chi connectivity index (χ1n) is 6.06. The molecule has 0 saturated heterocycles. The number of aryl methyl sites for hydroxylation is 1. The lowest BCUT2D eigenvalue weighted by atomic mass is 10.1. The van der Waals surface area contributed by atoms with Gasteiger partial charge in [0.25, 0.3) is 0 Å². The van der Waals surface area contributed by atoms with E-state index in [-0.39, 0.29) is 5.75 Å². The largest absolute Gasteiger partial charge is 0.508 e. The predicted molar refractivity (Wildman–Crippen MR) is 71.6 cm³/mol. The number of anilines is 1. The van der Waals surface area contributed by atoms with Crippen molar-refractivity contribution in [1.82, 2.24) is 0 Å². The molecule has 106 valence electrons. The Balaban J connectivity index is 2.14. The molecule has 0 unspecified atom stereocenters. The maximum absolute atomic E-state index is 12.7. The van der Waals surface area contributed by atoms with E-state index < -0.39 is 11.7 Å². The van der Waals surface area contributed by atoms with Crippen molar-refractivity contribution < 1.29 is 18.3 Å². The van der Waals surface area contributed by atoms with Crippen LogP contribution in [-0.4, -0.2) is 5.11 Å². The number of rotatable bonds is 3. The lowest BCUT2D eigenvalue weighted by Gasteiger charge is -2.13. The molecule has 2 aromatic rings. The number of hydrogen-bond donors (Lipinski definition) is 2. The average Bonchev–Trinajstić information content (AvgIpc) is 2.38. The van der Waals surface area contributed by atoms with Crippen LogP contribution in [0.5, 0.6) is 5.75 Å². The van der Waals surface area contributed by atoms with E-state index in [4.69, 9.17) is 5.11 Å². The molecule has 0 heterocycles. The van der Waals surface area contributed by atoms with Gasteiger partial charge < -0.3 is 10.4 Å². The third-order valence-corrected chi connectivity index (χ3v) is 2.98. The van der Waals surface area contributed by atoms with Gasteiger partial charge in [-0.1, -0.05) is 18.2 Å². The van der Waals surface area contributed by atoms with E-state index in [1.807, 2.05) is 0 Å². The SMILES string of the molecule is Cc1ccc(C(F)(F)F)cc1NCc1ccc(O)cc1. The Hall–Kier alpha value is -2.17. The van der Waals surface area contributed by atoms with Gasteiger partial charge in [0.15, 0.2) is 0 Å². The zero-order valence-electron chi connectivity index (χ0n) is 10.8. The Bertz CT molecular complexity index is 591. The van der Waals surface area contributed by atoms with Crippen LogP contribution in [0, 0.1) is 6.92 Å². The van der Waals surface area contributed by atoms with Crippen molar-refractivity contribution in [2.24, 2.45) is 0 Å². The van der Waals surface area contributed by atoms with E-state index >= 15 is 0 Å². The van der Waals surface area contributed by atoms with Crippen molar-refractivity contribution in [2.75, 3.05) is 5.32 Å². The minimum atomic E-state index is -4.34. The highest BCUT2D eigenvalue weighted by molar-refractivity contribution is 5.53. The summed E-state index contributed by atoms with van der Waals surface area (Å²) in [5.74, 6) is 0.156. The first kappa shape index (κ1) is 14.2. The number of halogens is 3. The standard InChI is InChI=1S/C15H14F3NO/c1-10-2-5-12(15(16,17)18)8-14(10)19-9-11-3-6-13(20)7-4-11/h2-8,19-20H,9H2,1H3. The zero-order valence-corrected chi connectivity index (χ0v) is 10.8. The molecular formula is C15H14F3NO. The number of phenols is 1. The predicted octanol–water partition coefficient (Wildman–Crippen LogP) is 4.33. The monoisotopic (exact) mass is 281 g/mol. The van der Waals surface area contributed by atoms with Gasteiger partial charge in [-0.3, -0.25) is 0 Å². The lowest BCUT2D eigenvalue weighted by Crippen LogP contribution is -2.07. The number of alkyl halides is 3. The first-order valence-corrected chi connectivity index (χ1v) is 6.06. The Morgan fingerprint density at radius 3 is 2.30 bits per heavy atom. The van der Waals surface area contributed by atoms with Crippen LogP contribution in [0.15, 0.2) is 42.5 Å². The van der Waals surface area contributed by atoms with Crippen molar-refractivity contribution in [3.8, 4) is 5.75 Å². The summed E-state index contributed by atoms with van der Waals surface area (Å²) in [4.78, 5) is 0. The third kappa shape index (κ3) is 3.44. The fraction of sp³-hybridized carbons (Fsp3) is 0.200. The minimum absolute atomic E-state index is 0.156. The maximum Gasteiger partial charge on any atom is 0.416 e. The van der Waals surface area contributed by atoms with Gasteiger partial charge >= 0.3 is 6.18 Å². The van der Waals surface area contributed by atoms with Crippen molar-refractivity contribution >= 4 is 5.69 Å². The molecule has 2 N–H and O–H groups in total. The normalized spacial score (nSPS) is 11.4. The van der Waals surface area contributed by atoms with E-state index in [2.05, 4.69) is 5.32 Å². The highest BCUT2D eigenvalue weighted by atomic mass is 19.4. The van der Waals surface area contributed by atoms with Gasteiger partial charge in [0.1, 0.15) is 5.75 Å². The van der Waals surface area contributed by atoms with Crippen LogP contribution in [-0.2, 0) is 12.7 Å². The lowest BCUT2D eigenvalue weighted by molar-refractivity contribution is -0.137. The van der Waals surface area contributed by atoms with Crippen LogP contribution in [0.3, 0.4) is 0 Å². The fourth-order valence-electron chi connectivity index (χ4n) is 1.80. The second-order valence-corrected chi connectivity index (χ2v) is 4.55. The molecular weight excluding hydrogens is 267 g/mol. The Morgan fingerprint density at radius 1 is 1.05 bits per heavy atom. The number of benzene rings is 2. The highest BCUT2D eigenvalue weighted by Gasteiger charge is 2.30. The van der Waals surface area contributed by atoms with Gasteiger partial charge in [-0.15, -0.1) is 0 Å². The molecule has 0 bridgehead atoms. The molecule has 0 aliphatic heterocycles. The molecule has 0 saturated carbocycles. The van der Waals surface area contributed by atoms with Gasteiger partial charge in [-0.2, -0.15) is 13.2 Å². The first-order chi connectivity index (χ1) is 9.36. The zero-order chi connectivity index (χ0) is 14.8. The molecule has 0 aliphatic rings. The summed E-state index contributed by atoms with van der Waals surface area (Å²) in [6, 6.07) is 10.1. The van der Waals surface area contributed by atoms with Gasteiger partial charge in [0, 0.05) is 12.2 Å². The molecule has 0 radical (unpaired) electrons. The van der Waals surface area contributed by atoms with E-state index in [0.717, 1.165) is 23.3 Å². The van der Waals surface area contributed by atoms with Crippen LogP contribution in [0.25, 0.3) is 0 Å². The van der Waals surface area contributed by atoms with Gasteiger partial charge in [0.05, 0.1) is 5.56 Å². The summed E-state index contributed by atoms with van der Waals surface area (Å²) in [5, 5.41) is 12.1. The summed E-state index contributed by atoms with van der Waals surface area (Å²) in [6.07, 6.45) is -4.34. The Morgan fingerprint density at radius 2 is 1.70 bits per heavy atom. The van der Waals surface area contributed by atoms with Crippen LogP contribution in [0.4, 0.5) is 18.9 Å². The van der Waals surface area contributed by atoms with Crippen LogP contribution in [0.1, 0.15) is 16.7 Å². The summed E-state index contributed by atoms with van der Waals surface area (Å²) in [6.45, 7) is 2.14. The van der Waals surface area contributed by atoms with E-state index in [1.54, 1.807) is 19.1 Å². The quantitative estimate of drug-likeness (QED) is 0.877. The second kappa shape index (κ2) is 5.45. The number of aromatic hydroxyl groups is 1. The van der Waals surface area contributed by atoms with E-state index in [0.29, 0.717) is 12.2 Å². The van der Waals surface area contributed by atoms with Crippen molar-refractivity contribution in [1.29, 1.82) is 0 Å². The molecule has 0 atom stereocenters. The smallest absolute Gasteiger partial charge is 0.416 e. The molecule has 0 aliphatic carbocycles. The molecule has 2 rings (SSSR count). The van der Waals surface area contributed by atoms with Gasteiger partial charge in [-0.25, -0.2) is 0 Å². The molecule has 20 heavy (non-hydrogen) atoms. The van der Waals surface area contributed by atoms with E-state index in [1.165, 1.54) is 18.2 Å². The molecule has 2 nitrogen and oxygen atoms in total. The molecule has 2 aromatic carbocycles. The second-order valence-electron chi connectivity index (χ2n) is 4.55. The highest BCUT2D eigenvalue weighted by Crippen LogP contribution is 2.32. The Kier molecular flexibility index (Phi) is 3.88. The molecule has 0 amide bonds. The summed E-state index contributed by atoms with van der Waals surface area (Å²) >= 11 is 0. The minimum Gasteiger partial charge on any atom is -0.508 e. The summed E-state index contributed by atoms with van der Waals surface area (Å²) in [5.41, 5.74) is 1.40. The van der Waals surface area contributed by atoms with Gasteiger partial charge in [0.2, 0.25) is 0 Å². The number of hydrogen-bond acceptors (Lipinski definition) is 2. The van der Waals surface area contributed by atoms with Crippen molar-refractivity contribution in [3.63, 3.8) is 0 Å². The number of nitrogens with one attached hydrogen (secondary N) is 1. The fourth-order valence-corrected chi connectivity index (χ4v) is 1.80. The van der Waals surface area contributed by atoms with Crippen molar-refractivity contribution in [3.05, 3.63) is 59.2 Å². The van der Waals surface area contributed by atoms with Gasteiger partial charge in [-0.05, 0) is 42.3 Å². The van der Waals surface area contributed by atoms with Crippen LogP contribution in [0.2, 0.25) is 0 Å². The van der Waals surface area contributed by atoms with Crippen LogP contribution < -0.4 is 5.32 Å². The van der Waals surface area contributed by atoms with E-state index in [9.17, 15) is 13.2 Å².